The minimum atomic E-state index is -4.68. The predicted molar refractivity (Wildman–Crippen MR) is 107 cm³/mol. The number of hydrogen-bond donors (Lipinski definition) is 2. The highest BCUT2D eigenvalue weighted by molar-refractivity contribution is 6.29. The van der Waals surface area contributed by atoms with E-state index in [1.165, 1.54) is 0 Å². The van der Waals surface area contributed by atoms with Crippen molar-refractivity contribution >= 4 is 29.5 Å². The van der Waals surface area contributed by atoms with Gasteiger partial charge in [0.25, 0.3) is 0 Å². The topological polar surface area (TPSA) is 86.7 Å². The van der Waals surface area contributed by atoms with Crippen molar-refractivity contribution in [3.8, 4) is 0 Å². The second-order valence-corrected chi connectivity index (χ2v) is 8.99. The largest absolute Gasteiger partial charge is 0.480 e. The van der Waals surface area contributed by atoms with Crippen molar-refractivity contribution in [2.24, 2.45) is 17.8 Å². The molecule has 31 heavy (non-hydrogen) atoms. The average molecular weight is 463 g/mol. The van der Waals surface area contributed by atoms with E-state index in [1.807, 2.05) is 11.4 Å². The Bertz CT molecular complexity index is 777. The smallest absolute Gasteiger partial charge is 0.408 e. The molecule has 3 amide bonds. The number of carboxylic acids is 1. The van der Waals surface area contributed by atoms with E-state index in [9.17, 15) is 32.7 Å². The molecule has 172 valence electrons. The third-order valence-electron chi connectivity index (χ3n) is 6.40. The third kappa shape index (κ3) is 5.42. The average Bonchev–Trinajstić information content (AvgIpc) is 2.69. The molecular weight excluding hydrogens is 437 g/mol. The van der Waals surface area contributed by atoms with Gasteiger partial charge in [-0.05, 0) is 50.0 Å². The predicted octanol–water partition coefficient (Wildman–Crippen LogP) is 4.60. The molecule has 1 heterocycles. The van der Waals surface area contributed by atoms with Crippen LogP contribution in [0, 0.1) is 17.8 Å². The van der Waals surface area contributed by atoms with E-state index in [2.05, 4.69) is 0 Å². The molecule has 6 nitrogen and oxygen atoms in total. The number of carbonyl (C=O) groups excluding carboxylic acids is 2. The molecule has 2 aliphatic carbocycles. The van der Waals surface area contributed by atoms with Crippen molar-refractivity contribution < 1.29 is 32.7 Å². The molecule has 0 aromatic carbocycles. The molecule has 0 aromatic heterocycles. The van der Waals surface area contributed by atoms with Gasteiger partial charge in [-0.3, -0.25) is 4.79 Å². The highest BCUT2D eigenvalue weighted by atomic mass is 35.5. The first-order chi connectivity index (χ1) is 14.6. The van der Waals surface area contributed by atoms with Crippen molar-refractivity contribution in [3.05, 3.63) is 23.3 Å². The number of rotatable bonds is 6. The van der Waals surface area contributed by atoms with E-state index >= 15 is 0 Å². The van der Waals surface area contributed by atoms with Gasteiger partial charge in [-0.2, -0.15) is 13.2 Å². The zero-order valence-electron chi connectivity index (χ0n) is 16.9. The summed E-state index contributed by atoms with van der Waals surface area (Å²) >= 11 is 5.99. The van der Waals surface area contributed by atoms with Crippen LogP contribution in [0.5, 0.6) is 0 Å². The highest BCUT2D eigenvalue weighted by Crippen LogP contribution is 2.37. The molecule has 0 spiro atoms. The summed E-state index contributed by atoms with van der Waals surface area (Å²) in [6.07, 6.45) is 4.84. The number of hydrogen-bond acceptors (Lipinski definition) is 3. The number of amides is 3. The molecular formula is C21H26ClF3N2O4. The molecule has 1 saturated carbocycles. The number of β-lactam (4-membered cyclic amide) rings is 1. The minimum absolute atomic E-state index is 0.0449. The van der Waals surface area contributed by atoms with Gasteiger partial charge < -0.3 is 10.4 Å². The van der Waals surface area contributed by atoms with Crippen LogP contribution in [0.1, 0.15) is 51.4 Å². The van der Waals surface area contributed by atoms with Gasteiger partial charge in [0.15, 0.2) is 6.04 Å². The summed E-state index contributed by atoms with van der Waals surface area (Å²) in [5.41, 5.74) is 0. The Balaban J connectivity index is 1.64. The van der Waals surface area contributed by atoms with Crippen molar-refractivity contribution in [2.75, 3.05) is 0 Å². The lowest BCUT2D eigenvalue weighted by Gasteiger charge is -2.44. The lowest BCUT2D eigenvalue weighted by molar-refractivity contribution is -0.173. The van der Waals surface area contributed by atoms with Crippen molar-refractivity contribution in [3.63, 3.8) is 0 Å². The van der Waals surface area contributed by atoms with Gasteiger partial charge in [0.2, 0.25) is 5.91 Å². The van der Waals surface area contributed by atoms with Crippen LogP contribution in [0.3, 0.4) is 0 Å². The quantitative estimate of drug-likeness (QED) is 0.565. The minimum Gasteiger partial charge on any atom is -0.480 e. The molecule has 3 aliphatic rings. The summed E-state index contributed by atoms with van der Waals surface area (Å²) < 4.78 is 40.7. The zero-order valence-corrected chi connectivity index (χ0v) is 17.7. The fourth-order valence-electron chi connectivity index (χ4n) is 4.77. The first-order valence-electron chi connectivity index (χ1n) is 10.6. The van der Waals surface area contributed by atoms with Gasteiger partial charge in [-0.1, -0.05) is 43.0 Å². The third-order valence-corrected chi connectivity index (χ3v) is 6.68. The number of carboxylic acid groups (broad SMARTS) is 1. The van der Waals surface area contributed by atoms with Gasteiger partial charge >= 0.3 is 18.2 Å². The first-order valence-corrected chi connectivity index (χ1v) is 10.9. The van der Waals surface area contributed by atoms with Crippen LogP contribution in [0.2, 0.25) is 0 Å². The van der Waals surface area contributed by atoms with Gasteiger partial charge in [0.1, 0.15) is 6.04 Å². The highest BCUT2D eigenvalue weighted by Gasteiger charge is 2.56. The lowest BCUT2D eigenvalue weighted by atomic mass is 9.80. The van der Waals surface area contributed by atoms with Crippen LogP contribution < -0.4 is 5.32 Å². The standard InChI is InChI=1S/C21H26ClF3N2O4/c22-14-8-4-5-12(11-14)9-10-15-16(19(29)30)27(18(15)28)20(31)26-17(21(23,24)25)13-6-2-1-3-7-13/h4-5,8,12-13,15-17H,1-3,6-7,9-11H2,(H,26,31)(H,29,30). The van der Waals surface area contributed by atoms with Crippen LogP contribution >= 0.6 is 11.6 Å². The number of nitrogens with one attached hydrogen (secondary N) is 1. The Morgan fingerprint density at radius 3 is 2.48 bits per heavy atom. The Morgan fingerprint density at radius 1 is 1.23 bits per heavy atom. The number of carbonyl (C=O) groups is 3. The van der Waals surface area contributed by atoms with Crippen LogP contribution in [-0.4, -0.2) is 46.2 Å². The molecule has 4 atom stereocenters. The maximum absolute atomic E-state index is 13.6. The van der Waals surface area contributed by atoms with E-state index in [1.54, 1.807) is 12.2 Å². The molecule has 0 radical (unpaired) electrons. The Labute approximate surface area is 183 Å². The fourth-order valence-corrected chi connectivity index (χ4v) is 5.04. The summed E-state index contributed by atoms with van der Waals surface area (Å²) in [5, 5.41) is 12.1. The second kappa shape index (κ2) is 9.63. The second-order valence-electron chi connectivity index (χ2n) is 8.50. The number of nitrogens with zero attached hydrogens (tertiary/aromatic N) is 1. The van der Waals surface area contributed by atoms with Crippen molar-refractivity contribution in [1.82, 2.24) is 10.2 Å². The van der Waals surface area contributed by atoms with E-state index in [0.29, 0.717) is 48.5 Å². The van der Waals surface area contributed by atoms with Gasteiger partial charge in [0, 0.05) is 5.03 Å². The van der Waals surface area contributed by atoms with Crippen LogP contribution in [-0.2, 0) is 9.59 Å². The van der Waals surface area contributed by atoms with Crippen LogP contribution in [0.15, 0.2) is 23.3 Å². The molecule has 0 bridgehead atoms. The number of alkyl halides is 3. The Kier molecular flexibility index (Phi) is 7.34. The van der Waals surface area contributed by atoms with E-state index < -0.39 is 48.0 Å². The van der Waals surface area contributed by atoms with E-state index in [4.69, 9.17) is 11.6 Å². The molecule has 10 heteroatoms. The maximum Gasteiger partial charge on any atom is 0.408 e. The van der Waals surface area contributed by atoms with Gasteiger partial charge in [-0.15, -0.1) is 0 Å². The molecule has 3 rings (SSSR count). The summed E-state index contributed by atoms with van der Waals surface area (Å²) in [4.78, 5) is 37.2. The van der Waals surface area contributed by atoms with Gasteiger partial charge in [-0.25, -0.2) is 14.5 Å². The molecule has 0 aromatic rings. The maximum atomic E-state index is 13.6. The number of halogens is 4. The van der Waals surface area contributed by atoms with E-state index in [-0.39, 0.29) is 12.3 Å². The number of allylic oxidation sites excluding steroid dienone is 4. The first kappa shape index (κ1) is 23.6. The molecule has 4 unspecified atom stereocenters. The molecule has 1 aliphatic heterocycles. The lowest BCUT2D eigenvalue weighted by Crippen LogP contribution is -2.69. The normalized spacial score (nSPS) is 28.0. The summed E-state index contributed by atoms with van der Waals surface area (Å²) in [5.74, 6) is -3.83. The summed E-state index contributed by atoms with van der Waals surface area (Å²) in [6.45, 7) is 0. The van der Waals surface area contributed by atoms with Crippen LogP contribution in [0.25, 0.3) is 0 Å². The number of imide groups is 1. The number of aliphatic carboxylic acids is 1. The van der Waals surface area contributed by atoms with Crippen molar-refractivity contribution in [1.29, 1.82) is 0 Å². The Morgan fingerprint density at radius 2 is 1.90 bits per heavy atom. The number of likely N-dealkylation sites (tertiary alicyclic amines) is 1. The Hall–Kier alpha value is -2.03. The van der Waals surface area contributed by atoms with E-state index in [0.717, 1.165) is 6.42 Å². The van der Waals surface area contributed by atoms with Crippen LogP contribution in [0.4, 0.5) is 18.0 Å². The zero-order chi connectivity index (χ0) is 22.8. The molecule has 2 fully saturated rings. The van der Waals surface area contributed by atoms with Gasteiger partial charge in [0.05, 0.1) is 5.92 Å². The monoisotopic (exact) mass is 462 g/mol. The van der Waals surface area contributed by atoms with Crippen molar-refractivity contribution in [2.45, 2.75) is 69.6 Å². The molecule has 1 saturated heterocycles. The number of urea groups is 1. The summed E-state index contributed by atoms with van der Waals surface area (Å²) in [6, 6.07) is -4.85. The fraction of sp³-hybridized carbons (Fsp3) is 0.667. The SMILES string of the molecule is O=C(O)C1C(CCC2C=CC=C(Cl)C2)C(=O)N1C(=O)NC(C1CCCCC1)C(F)(F)F. The summed E-state index contributed by atoms with van der Waals surface area (Å²) in [7, 11) is 0. The molecule has 2 N–H and O–H groups in total.